The fourth-order valence-electron chi connectivity index (χ4n) is 3.45. The van der Waals surface area contributed by atoms with Gasteiger partial charge in [0.2, 0.25) is 0 Å². The summed E-state index contributed by atoms with van der Waals surface area (Å²) in [7, 11) is 0. The van der Waals surface area contributed by atoms with E-state index in [1.807, 2.05) is 13.0 Å². The monoisotopic (exact) mass is 378 g/mol. The van der Waals surface area contributed by atoms with E-state index in [9.17, 15) is 14.7 Å². The van der Waals surface area contributed by atoms with E-state index in [2.05, 4.69) is 25.2 Å². The first kappa shape index (κ1) is 23.6. The second-order valence-electron chi connectivity index (χ2n) is 7.54. The third kappa shape index (κ3) is 10.5. The molecule has 27 heavy (non-hydrogen) atoms. The van der Waals surface area contributed by atoms with Crippen LogP contribution >= 0.6 is 0 Å². The van der Waals surface area contributed by atoms with E-state index in [1.54, 1.807) is 0 Å². The molecule has 4 nitrogen and oxygen atoms in total. The summed E-state index contributed by atoms with van der Waals surface area (Å²) in [6.07, 6.45) is 17.0. The van der Waals surface area contributed by atoms with Gasteiger partial charge in [0.25, 0.3) is 0 Å². The highest BCUT2D eigenvalue weighted by molar-refractivity contribution is 5.83. The predicted octanol–water partition coefficient (Wildman–Crippen LogP) is 5.15. The molecule has 1 saturated carbocycles. The van der Waals surface area contributed by atoms with E-state index < -0.39 is 6.10 Å². The van der Waals surface area contributed by atoms with Crippen LogP contribution in [0.4, 0.5) is 0 Å². The van der Waals surface area contributed by atoms with E-state index in [0.717, 1.165) is 57.8 Å². The molecular formula is C23H38O4. The van der Waals surface area contributed by atoms with Crippen molar-refractivity contribution in [1.82, 2.24) is 0 Å². The van der Waals surface area contributed by atoms with Gasteiger partial charge in [-0.2, -0.15) is 0 Å². The molecule has 1 fully saturated rings. The molecule has 1 rings (SSSR count). The van der Waals surface area contributed by atoms with Crippen LogP contribution in [-0.2, 0) is 14.3 Å². The molecule has 0 aromatic carbocycles. The second-order valence-corrected chi connectivity index (χ2v) is 7.54. The van der Waals surface area contributed by atoms with Crippen molar-refractivity contribution in [2.24, 2.45) is 11.8 Å². The maximum atomic E-state index is 12.2. The molecule has 1 N–H and O–H groups in total. The van der Waals surface area contributed by atoms with Crippen molar-refractivity contribution in [3.63, 3.8) is 0 Å². The predicted molar refractivity (Wildman–Crippen MR) is 109 cm³/mol. The zero-order valence-electron chi connectivity index (χ0n) is 17.2. The first-order valence-electron chi connectivity index (χ1n) is 10.8. The SMILES string of the molecule is CCCCC[C@H](O)/C=C/[C@H]1CCC(=O)[C@@H]1C/C=C\CCCC(=O)OCCC. The minimum atomic E-state index is -0.393. The Morgan fingerprint density at radius 3 is 2.78 bits per heavy atom. The smallest absolute Gasteiger partial charge is 0.305 e. The summed E-state index contributed by atoms with van der Waals surface area (Å²) in [5.41, 5.74) is 0. The molecular weight excluding hydrogens is 340 g/mol. The standard InChI is InChI=1S/C23H38O4/c1-3-5-8-11-20(24)16-14-19-15-17-22(25)21(19)12-9-6-7-10-13-23(26)27-18-4-2/h6,9,14,16,19-21,24H,3-5,7-8,10-13,15,17-18H2,1-2H3/b9-6-,16-14+/t19-,20-,21+/m0/s1. The molecule has 0 aromatic heterocycles. The molecule has 3 atom stereocenters. The number of allylic oxidation sites excluding steroid dienone is 3. The van der Waals surface area contributed by atoms with Crippen molar-refractivity contribution in [2.75, 3.05) is 6.61 Å². The highest BCUT2D eigenvalue weighted by atomic mass is 16.5. The number of rotatable bonds is 14. The van der Waals surface area contributed by atoms with Gasteiger partial charge < -0.3 is 9.84 Å². The lowest BCUT2D eigenvalue weighted by Gasteiger charge is -2.13. The number of Topliss-reactive ketones (excluding diaryl/α,β-unsaturated/α-hetero) is 1. The number of ketones is 1. The van der Waals surface area contributed by atoms with E-state index in [4.69, 9.17) is 4.74 Å². The summed E-state index contributed by atoms with van der Waals surface area (Å²) in [5, 5.41) is 10.0. The van der Waals surface area contributed by atoms with Gasteiger partial charge in [-0.3, -0.25) is 9.59 Å². The van der Waals surface area contributed by atoms with Crippen LogP contribution in [0.2, 0.25) is 0 Å². The number of hydrogen-bond donors (Lipinski definition) is 1. The third-order valence-electron chi connectivity index (χ3n) is 5.11. The number of hydrogen-bond acceptors (Lipinski definition) is 4. The molecule has 154 valence electrons. The topological polar surface area (TPSA) is 63.6 Å². The number of unbranched alkanes of at least 4 members (excludes halogenated alkanes) is 3. The molecule has 0 unspecified atom stereocenters. The van der Waals surface area contributed by atoms with Gasteiger partial charge in [-0.1, -0.05) is 57.4 Å². The van der Waals surface area contributed by atoms with Crippen LogP contribution in [-0.4, -0.2) is 29.6 Å². The minimum absolute atomic E-state index is 0.0369. The Morgan fingerprint density at radius 2 is 2.04 bits per heavy atom. The normalized spacial score (nSPS) is 21.4. The molecule has 0 bridgehead atoms. The number of carbonyl (C=O) groups excluding carboxylic acids is 2. The van der Waals surface area contributed by atoms with E-state index in [1.165, 1.54) is 0 Å². The lowest BCUT2D eigenvalue weighted by atomic mass is 9.91. The van der Waals surface area contributed by atoms with Crippen molar-refractivity contribution in [2.45, 2.75) is 90.6 Å². The van der Waals surface area contributed by atoms with E-state index >= 15 is 0 Å². The molecule has 0 radical (unpaired) electrons. The Hall–Kier alpha value is -1.42. The molecule has 0 spiro atoms. The first-order valence-corrected chi connectivity index (χ1v) is 10.8. The average Bonchev–Trinajstić information content (AvgIpc) is 3.01. The van der Waals surface area contributed by atoms with Crippen LogP contribution < -0.4 is 0 Å². The maximum absolute atomic E-state index is 12.2. The van der Waals surface area contributed by atoms with Crippen LogP contribution in [0.1, 0.15) is 84.5 Å². The van der Waals surface area contributed by atoms with Gasteiger partial charge >= 0.3 is 5.97 Å². The Morgan fingerprint density at radius 1 is 1.22 bits per heavy atom. The largest absolute Gasteiger partial charge is 0.466 e. The van der Waals surface area contributed by atoms with Gasteiger partial charge in [-0.05, 0) is 44.4 Å². The van der Waals surface area contributed by atoms with E-state index in [-0.39, 0.29) is 17.8 Å². The van der Waals surface area contributed by atoms with Crippen molar-refractivity contribution in [3.05, 3.63) is 24.3 Å². The molecule has 0 heterocycles. The zero-order valence-corrected chi connectivity index (χ0v) is 17.2. The van der Waals surface area contributed by atoms with Gasteiger partial charge in [-0.15, -0.1) is 0 Å². The summed E-state index contributed by atoms with van der Waals surface area (Å²) in [6.45, 7) is 4.64. The number of aliphatic hydroxyl groups excluding tert-OH is 1. The quantitative estimate of drug-likeness (QED) is 0.258. The number of aliphatic hydroxyl groups is 1. The lowest BCUT2D eigenvalue weighted by Crippen LogP contribution is -2.13. The Labute approximate surface area is 165 Å². The van der Waals surface area contributed by atoms with Gasteiger partial charge in [0, 0.05) is 18.8 Å². The Balaban J connectivity index is 2.30. The van der Waals surface area contributed by atoms with Crippen LogP contribution in [0.25, 0.3) is 0 Å². The van der Waals surface area contributed by atoms with Crippen LogP contribution in [0.5, 0.6) is 0 Å². The van der Waals surface area contributed by atoms with Crippen LogP contribution in [0.15, 0.2) is 24.3 Å². The highest BCUT2D eigenvalue weighted by Gasteiger charge is 2.31. The maximum Gasteiger partial charge on any atom is 0.305 e. The lowest BCUT2D eigenvalue weighted by molar-refractivity contribution is -0.143. The van der Waals surface area contributed by atoms with Crippen molar-refractivity contribution < 1.29 is 19.4 Å². The fourth-order valence-corrected chi connectivity index (χ4v) is 3.45. The van der Waals surface area contributed by atoms with Crippen LogP contribution in [0, 0.1) is 11.8 Å². The minimum Gasteiger partial charge on any atom is -0.466 e. The van der Waals surface area contributed by atoms with Gasteiger partial charge in [0.05, 0.1) is 12.7 Å². The Kier molecular flexibility index (Phi) is 12.8. The fraction of sp³-hybridized carbons (Fsp3) is 0.739. The molecule has 0 saturated heterocycles. The molecule has 0 aromatic rings. The Bertz CT molecular complexity index is 481. The summed E-state index contributed by atoms with van der Waals surface area (Å²) in [6, 6.07) is 0. The van der Waals surface area contributed by atoms with Crippen molar-refractivity contribution >= 4 is 11.8 Å². The van der Waals surface area contributed by atoms with Crippen molar-refractivity contribution in [3.8, 4) is 0 Å². The van der Waals surface area contributed by atoms with Gasteiger partial charge in [0.1, 0.15) is 5.78 Å². The molecule has 1 aliphatic carbocycles. The summed E-state index contributed by atoms with van der Waals surface area (Å²) >= 11 is 0. The van der Waals surface area contributed by atoms with Gasteiger partial charge in [-0.25, -0.2) is 0 Å². The molecule has 0 amide bonds. The molecule has 4 heteroatoms. The number of esters is 1. The van der Waals surface area contributed by atoms with Crippen LogP contribution in [0.3, 0.4) is 0 Å². The molecule has 1 aliphatic rings. The number of ether oxygens (including phenoxy) is 1. The molecule has 0 aliphatic heterocycles. The van der Waals surface area contributed by atoms with E-state index in [0.29, 0.717) is 25.2 Å². The van der Waals surface area contributed by atoms with Gasteiger partial charge in [0.15, 0.2) is 0 Å². The summed E-state index contributed by atoms with van der Waals surface area (Å²) in [5.74, 6) is 0.485. The second kappa shape index (κ2) is 14.6. The average molecular weight is 379 g/mol. The van der Waals surface area contributed by atoms with Crippen molar-refractivity contribution in [1.29, 1.82) is 0 Å². The summed E-state index contributed by atoms with van der Waals surface area (Å²) < 4.78 is 5.05. The summed E-state index contributed by atoms with van der Waals surface area (Å²) in [4.78, 5) is 23.6. The highest BCUT2D eigenvalue weighted by Crippen LogP contribution is 2.33. The third-order valence-corrected chi connectivity index (χ3v) is 5.11. The first-order chi connectivity index (χ1) is 13.1. The zero-order chi connectivity index (χ0) is 19.9. The number of carbonyl (C=O) groups is 2.